The van der Waals surface area contributed by atoms with Crippen LogP contribution < -0.4 is 9.86 Å². The Hall–Kier alpha value is -1.96. The second-order valence-corrected chi connectivity index (χ2v) is 12.4. The number of benzene rings is 1. The first kappa shape index (κ1) is 26.1. The molecule has 1 aromatic rings. The molecule has 3 heterocycles. The fraction of sp³-hybridized carbons (Fsp3) is 0.565. The predicted octanol–water partition coefficient (Wildman–Crippen LogP) is 0.618. The van der Waals surface area contributed by atoms with E-state index in [1.807, 2.05) is 32.0 Å². The first-order chi connectivity index (χ1) is 16.4. The van der Waals surface area contributed by atoms with Gasteiger partial charge in [-0.15, -0.1) is 11.8 Å². The highest BCUT2D eigenvalue weighted by Gasteiger charge is 2.60. The number of hydrogen-bond acceptors (Lipinski definition) is 7. The number of hydrogen-bond donors (Lipinski definition) is 4. The number of fused-ring (bicyclic) bond motifs is 1. The molecule has 0 unspecified atom stereocenters. The van der Waals surface area contributed by atoms with Crippen LogP contribution in [0.2, 0.25) is 0 Å². The molecule has 6 atom stereocenters. The number of thioether (sulfide) groups is 1. The van der Waals surface area contributed by atoms with Gasteiger partial charge in [-0.2, -0.15) is 8.42 Å². The number of carboxylic acids is 1. The molecule has 0 aliphatic carbocycles. The molecule has 0 spiro atoms. The zero-order valence-electron chi connectivity index (χ0n) is 19.9. The third kappa shape index (κ3) is 5.27. The van der Waals surface area contributed by atoms with Gasteiger partial charge in [0.25, 0.3) is 10.2 Å². The van der Waals surface area contributed by atoms with E-state index in [1.165, 1.54) is 16.7 Å². The number of likely N-dealkylation sites (tertiary alicyclic amines) is 1. The maximum absolute atomic E-state index is 12.6. The van der Waals surface area contributed by atoms with Gasteiger partial charge >= 0.3 is 5.97 Å². The van der Waals surface area contributed by atoms with E-state index in [1.54, 1.807) is 6.92 Å². The van der Waals surface area contributed by atoms with Crippen molar-refractivity contribution in [1.82, 2.24) is 14.5 Å². The van der Waals surface area contributed by atoms with E-state index >= 15 is 0 Å². The van der Waals surface area contributed by atoms with Crippen molar-refractivity contribution >= 4 is 33.8 Å². The Morgan fingerprint density at radius 1 is 1.37 bits per heavy atom. The van der Waals surface area contributed by atoms with Gasteiger partial charge in [0.1, 0.15) is 5.70 Å². The Labute approximate surface area is 209 Å². The number of β-lactam (4-membered cyclic amide) rings is 1. The average molecular weight is 525 g/mol. The molecule has 3 aliphatic heterocycles. The largest absolute Gasteiger partial charge is 0.477 e. The molecule has 4 rings (SSSR count). The molecule has 2 fully saturated rings. The third-order valence-electron chi connectivity index (χ3n) is 7.08. The van der Waals surface area contributed by atoms with Crippen LogP contribution in [0.1, 0.15) is 31.4 Å². The van der Waals surface area contributed by atoms with Crippen molar-refractivity contribution in [2.24, 2.45) is 17.0 Å². The Morgan fingerprint density at radius 3 is 2.69 bits per heavy atom. The normalized spacial score (nSPS) is 29.9. The standard InChI is InChI=1S/C23H32N4O6S2/c1-12-5-4-6-15(7-12)10-26-11-17(8-16(26)9-25-35(24,32)33)34-21-13(2)19-18(14(3)28)22(29)27(19)20(21)23(30)31/h4-7,13-14,16-19,25,28H,8-11H2,1-3H3,(H,30,31)(H2,24,32,33)/t13-,14-,16+,17+,18-,19-/m1/s1. The molecule has 0 radical (unpaired) electrons. The number of aryl methyl sites for hydroxylation is 1. The lowest BCUT2D eigenvalue weighted by atomic mass is 9.79. The monoisotopic (exact) mass is 524 g/mol. The van der Waals surface area contributed by atoms with Gasteiger partial charge in [0.05, 0.1) is 18.1 Å². The number of aliphatic carboxylic acids is 1. The van der Waals surface area contributed by atoms with Gasteiger partial charge < -0.3 is 15.1 Å². The maximum Gasteiger partial charge on any atom is 0.353 e. The van der Waals surface area contributed by atoms with E-state index < -0.39 is 28.2 Å². The summed E-state index contributed by atoms with van der Waals surface area (Å²) < 4.78 is 25.5. The number of aliphatic hydroxyl groups excluding tert-OH is 1. The second kappa shape index (κ2) is 9.83. The number of nitrogens with one attached hydrogen (secondary N) is 1. The average Bonchev–Trinajstić information content (AvgIpc) is 3.22. The van der Waals surface area contributed by atoms with Gasteiger partial charge in [-0.1, -0.05) is 36.8 Å². The van der Waals surface area contributed by atoms with Crippen molar-refractivity contribution in [2.45, 2.75) is 57.2 Å². The van der Waals surface area contributed by atoms with Crippen LogP contribution in [0.25, 0.3) is 0 Å². The molecule has 3 aliphatic rings. The van der Waals surface area contributed by atoms with Crippen LogP contribution in [0.15, 0.2) is 34.9 Å². The molecule has 10 nitrogen and oxygen atoms in total. The third-order valence-corrected chi connectivity index (χ3v) is 9.15. The molecule has 192 valence electrons. The fourth-order valence-corrected chi connectivity index (χ4v) is 7.56. The van der Waals surface area contributed by atoms with Gasteiger partial charge in [-0.25, -0.2) is 14.7 Å². The van der Waals surface area contributed by atoms with Crippen LogP contribution in [0.4, 0.5) is 0 Å². The van der Waals surface area contributed by atoms with Crippen molar-refractivity contribution in [2.75, 3.05) is 13.1 Å². The molecule has 0 bridgehead atoms. The van der Waals surface area contributed by atoms with Crippen molar-refractivity contribution in [1.29, 1.82) is 0 Å². The Kier molecular flexibility index (Phi) is 7.33. The quantitative estimate of drug-likeness (QED) is 0.343. The highest BCUT2D eigenvalue weighted by molar-refractivity contribution is 8.03. The van der Waals surface area contributed by atoms with E-state index in [4.69, 9.17) is 5.14 Å². The van der Waals surface area contributed by atoms with E-state index in [2.05, 4.69) is 15.7 Å². The number of rotatable bonds is 9. The summed E-state index contributed by atoms with van der Waals surface area (Å²) in [7, 11) is -3.85. The topological polar surface area (TPSA) is 153 Å². The van der Waals surface area contributed by atoms with Crippen LogP contribution in [0.5, 0.6) is 0 Å². The van der Waals surface area contributed by atoms with Crippen molar-refractivity contribution in [3.63, 3.8) is 0 Å². The molecule has 5 N–H and O–H groups in total. The van der Waals surface area contributed by atoms with Crippen LogP contribution in [-0.4, -0.2) is 76.8 Å². The van der Waals surface area contributed by atoms with E-state index in [9.17, 15) is 28.2 Å². The zero-order valence-corrected chi connectivity index (χ0v) is 21.6. The minimum atomic E-state index is -3.85. The molecular weight excluding hydrogens is 492 g/mol. The molecule has 35 heavy (non-hydrogen) atoms. The first-order valence-corrected chi connectivity index (χ1v) is 14.0. The first-order valence-electron chi connectivity index (χ1n) is 11.6. The summed E-state index contributed by atoms with van der Waals surface area (Å²) in [5.74, 6) is -2.32. The zero-order chi connectivity index (χ0) is 25.7. The number of nitrogens with two attached hydrogens (primary N) is 1. The minimum Gasteiger partial charge on any atom is -0.477 e. The number of amides is 1. The number of carbonyl (C=O) groups is 2. The number of nitrogens with zero attached hydrogens (tertiary/aromatic N) is 2. The van der Waals surface area contributed by atoms with Crippen molar-refractivity contribution in [3.05, 3.63) is 46.0 Å². The van der Waals surface area contributed by atoms with Gasteiger partial charge in [0.15, 0.2) is 0 Å². The van der Waals surface area contributed by atoms with Gasteiger partial charge in [-0.05, 0) is 25.8 Å². The van der Waals surface area contributed by atoms with Gasteiger partial charge in [0, 0.05) is 41.7 Å². The van der Waals surface area contributed by atoms with Crippen LogP contribution in [0.3, 0.4) is 0 Å². The lowest BCUT2D eigenvalue weighted by Gasteiger charge is -2.46. The molecule has 1 aromatic carbocycles. The molecule has 0 aromatic heterocycles. The van der Waals surface area contributed by atoms with Gasteiger partial charge in [-0.3, -0.25) is 9.69 Å². The van der Waals surface area contributed by atoms with Crippen LogP contribution in [0, 0.1) is 18.8 Å². The molecule has 12 heteroatoms. The van der Waals surface area contributed by atoms with Crippen molar-refractivity contribution < 1.29 is 28.2 Å². The summed E-state index contributed by atoms with van der Waals surface area (Å²) in [5, 5.41) is 25.1. The van der Waals surface area contributed by atoms with Crippen molar-refractivity contribution in [3.8, 4) is 0 Å². The second-order valence-electron chi connectivity index (χ2n) is 9.71. The number of carbonyl (C=O) groups excluding carboxylic acids is 1. The predicted molar refractivity (Wildman–Crippen MR) is 132 cm³/mol. The summed E-state index contributed by atoms with van der Waals surface area (Å²) in [6, 6.07) is 7.62. The van der Waals surface area contributed by atoms with Crippen LogP contribution in [-0.2, 0) is 26.3 Å². The summed E-state index contributed by atoms with van der Waals surface area (Å²) in [4.78, 5) is 28.9. The Morgan fingerprint density at radius 2 is 2.09 bits per heavy atom. The summed E-state index contributed by atoms with van der Waals surface area (Å²) in [6.07, 6.45) is -0.226. The number of aliphatic hydroxyl groups is 1. The van der Waals surface area contributed by atoms with Gasteiger partial charge in [0.2, 0.25) is 5.91 Å². The van der Waals surface area contributed by atoms with E-state index in [0.717, 1.165) is 11.1 Å². The Balaban J connectivity index is 1.55. The summed E-state index contributed by atoms with van der Waals surface area (Å²) in [5.41, 5.74) is 2.24. The highest BCUT2D eigenvalue weighted by Crippen LogP contribution is 2.52. The molecule has 1 amide bonds. The SMILES string of the molecule is Cc1cccc(CN2C[C@@H](SC3=C(C(=O)O)N4C(=O)[C@H]([C@@H](C)O)[C@H]4[C@H]3C)C[C@H]2CNS(N)(=O)=O)c1. The lowest BCUT2D eigenvalue weighted by molar-refractivity contribution is -0.163. The summed E-state index contributed by atoms with van der Waals surface area (Å²) in [6.45, 7) is 6.86. The highest BCUT2D eigenvalue weighted by atomic mass is 32.2. The minimum absolute atomic E-state index is 0.00214. The molecule has 2 saturated heterocycles. The lowest BCUT2D eigenvalue weighted by Crippen LogP contribution is -2.63. The smallest absolute Gasteiger partial charge is 0.353 e. The Bertz CT molecular complexity index is 1150. The van der Waals surface area contributed by atoms with E-state index in [-0.39, 0.29) is 41.4 Å². The fourth-order valence-electron chi connectivity index (χ4n) is 5.54. The number of carboxylic acid groups (broad SMARTS) is 1. The van der Waals surface area contributed by atoms with E-state index in [0.29, 0.717) is 24.4 Å². The maximum atomic E-state index is 12.6. The van der Waals surface area contributed by atoms with Crippen LogP contribution >= 0.6 is 11.8 Å². The molecule has 0 saturated carbocycles. The summed E-state index contributed by atoms with van der Waals surface area (Å²) >= 11 is 1.45. The molecular formula is C23H32N4O6S2.